The van der Waals surface area contributed by atoms with Crippen LogP contribution in [0.4, 0.5) is 15.3 Å². The largest absolute Gasteiger partial charge is 0.508 e. The van der Waals surface area contributed by atoms with Crippen molar-refractivity contribution < 1.29 is 68.4 Å². The van der Waals surface area contributed by atoms with E-state index in [0.717, 1.165) is 11.3 Å². The van der Waals surface area contributed by atoms with Gasteiger partial charge in [-0.25, -0.2) is 15.1 Å². The van der Waals surface area contributed by atoms with Crippen molar-refractivity contribution in [1.82, 2.24) is 62.3 Å². The molecule has 1 unspecified atom stereocenters. The van der Waals surface area contributed by atoms with Crippen molar-refractivity contribution in [3.8, 4) is 5.75 Å². The van der Waals surface area contributed by atoms with Crippen LogP contribution in [0.5, 0.6) is 5.75 Å². The molecule has 1 saturated heterocycles. The summed E-state index contributed by atoms with van der Waals surface area (Å²) >= 11 is 0. The quantitative estimate of drug-likeness (QED) is 0.0166. The lowest BCUT2D eigenvalue weighted by molar-refractivity contribution is -0.140. The van der Waals surface area contributed by atoms with Gasteiger partial charge in [0.05, 0.1) is 38.7 Å². The van der Waals surface area contributed by atoms with E-state index in [1.807, 2.05) is 0 Å². The van der Waals surface area contributed by atoms with Crippen LogP contribution in [0, 0.1) is 0 Å². The molecule has 1 fully saturated rings. The fraction of sp³-hybridized carbons (Fsp3) is 0.560. The summed E-state index contributed by atoms with van der Waals surface area (Å²) in [5, 5.41) is 60.2. The number of carboxylic acid groups (broad SMARTS) is 3. The van der Waals surface area contributed by atoms with Crippen molar-refractivity contribution >= 4 is 65.2 Å². The summed E-state index contributed by atoms with van der Waals surface area (Å²) in [5.41, 5.74) is 10.3. The van der Waals surface area contributed by atoms with Crippen molar-refractivity contribution in [2.24, 2.45) is 10.7 Å². The Morgan fingerprint density at radius 2 is 1.14 bits per heavy atom. The summed E-state index contributed by atoms with van der Waals surface area (Å²) in [7, 11) is 0. The molecule has 29 heteroatoms. The lowest BCUT2D eigenvalue weighted by Crippen LogP contribution is -2.50. The number of hydrogen-bond donors (Lipinski definition) is 14. The Balaban J connectivity index is 1.39. The average molecular weight is 1110 g/mol. The SMILES string of the molecule is CCC(=O)NCCNC(=O)/N=C(/N)NCCC[C@@H](NC(=O)C(C)c1ccc(NCCCNC(=O)NOCCNC(=O)CN2CCN(CC(=O)O)CCN(CC(=O)O)CCN(CC(=O)O)CC2)cc1)C(=O)NCc1ccc(O)cc1. The zero-order chi connectivity index (χ0) is 58.0. The van der Waals surface area contributed by atoms with Crippen LogP contribution >= 0.6 is 0 Å². The highest BCUT2D eigenvalue weighted by Crippen LogP contribution is 2.19. The topological polar surface area (TPSA) is 403 Å². The molecule has 15 N–H and O–H groups in total. The van der Waals surface area contributed by atoms with Crippen LogP contribution in [0.15, 0.2) is 53.5 Å². The molecule has 1 heterocycles. The van der Waals surface area contributed by atoms with E-state index in [1.54, 1.807) is 69.8 Å². The van der Waals surface area contributed by atoms with Crippen LogP contribution in [0.25, 0.3) is 0 Å². The first kappa shape index (κ1) is 65.4. The van der Waals surface area contributed by atoms with E-state index in [0.29, 0.717) is 37.9 Å². The highest BCUT2D eigenvalue weighted by molar-refractivity contribution is 5.92. The van der Waals surface area contributed by atoms with Crippen molar-refractivity contribution in [1.29, 1.82) is 0 Å². The predicted molar refractivity (Wildman–Crippen MR) is 290 cm³/mol. The number of carboxylic acids is 3. The lowest BCUT2D eigenvalue weighted by Gasteiger charge is -2.32. The van der Waals surface area contributed by atoms with Gasteiger partial charge in [-0.2, -0.15) is 4.99 Å². The Kier molecular flexibility index (Phi) is 30.7. The van der Waals surface area contributed by atoms with Crippen molar-refractivity contribution in [3.05, 3.63) is 59.7 Å². The van der Waals surface area contributed by atoms with Gasteiger partial charge in [-0.15, -0.1) is 0 Å². The number of rotatable bonds is 31. The number of carbonyl (C=O) groups is 9. The Hall–Kier alpha value is -7.86. The molecule has 0 radical (unpaired) electrons. The molecule has 2 aromatic carbocycles. The second-order valence-corrected chi connectivity index (χ2v) is 18.4. The van der Waals surface area contributed by atoms with Gasteiger partial charge in [-0.05, 0) is 61.6 Å². The van der Waals surface area contributed by atoms with Gasteiger partial charge in [0.25, 0.3) is 0 Å². The van der Waals surface area contributed by atoms with E-state index in [1.165, 1.54) is 12.1 Å². The van der Waals surface area contributed by atoms with E-state index >= 15 is 0 Å². The minimum Gasteiger partial charge on any atom is -0.508 e. The van der Waals surface area contributed by atoms with E-state index in [2.05, 4.69) is 53.0 Å². The van der Waals surface area contributed by atoms with E-state index < -0.39 is 47.8 Å². The summed E-state index contributed by atoms with van der Waals surface area (Å²) in [6, 6.07) is 11.3. The molecule has 2 aromatic rings. The molecule has 0 aromatic heterocycles. The van der Waals surface area contributed by atoms with Crippen molar-refractivity contribution in [3.63, 3.8) is 0 Å². The van der Waals surface area contributed by atoms with Gasteiger partial charge < -0.3 is 68.7 Å². The summed E-state index contributed by atoms with van der Waals surface area (Å²) in [6.07, 6.45) is 1.42. The highest BCUT2D eigenvalue weighted by Gasteiger charge is 2.25. The van der Waals surface area contributed by atoms with Crippen LogP contribution in [-0.2, 0) is 44.9 Å². The lowest BCUT2D eigenvalue weighted by atomic mass is 9.99. The number of phenolic OH excluding ortho intramolecular Hbond substituents is 1. The van der Waals surface area contributed by atoms with E-state index in [-0.39, 0.29) is 154 Å². The fourth-order valence-corrected chi connectivity index (χ4v) is 7.70. The van der Waals surface area contributed by atoms with Gasteiger partial charge in [-0.3, -0.25) is 58.0 Å². The number of benzene rings is 2. The van der Waals surface area contributed by atoms with Gasteiger partial charge in [0.2, 0.25) is 23.6 Å². The zero-order valence-corrected chi connectivity index (χ0v) is 44.9. The summed E-state index contributed by atoms with van der Waals surface area (Å²) in [5.74, 6) is -5.21. The maximum Gasteiger partial charge on any atom is 0.344 e. The molecule has 29 nitrogen and oxygen atoms in total. The number of nitrogens with two attached hydrogens (primary N) is 1. The fourth-order valence-electron chi connectivity index (χ4n) is 7.70. The standard InChI is InChI=1S/C50H79N15O14/c1-3-41(67)53-18-19-57-49(77)60-48(51)55-15-4-6-40(47(76)58-30-36-7-13-39(66)14-8-36)59-46(75)35(2)37-9-11-38(12-10-37)52-16-5-17-56-50(78)61-79-29-20-54-42(68)31-62-21-23-63(32-43(69)70)25-27-65(34-45(73)74)28-26-64(24-22-62)33-44(71)72/h7-14,35,40,52,66H,3-6,15-34H2,1-2H3,(H,53,67)(H,54,68)(H,58,76)(H,59,75)(H,69,70)(H,71,72)(H,73,74)(H2,56,61,78)(H4,51,55,57,60,77)/t35?,40-/m1/s1. The second kappa shape index (κ2) is 37.0. The summed E-state index contributed by atoms with van der Waals surface area (Å²) < 4.78 is 0. The van der Waals surface area contributed by atoms with Gasteiger partial charge in [0.1, 0.15) is 11.8 Å². The maximum absolute atomic E-state index is 13.5. The molecule has 0 saturated carbocycles. The first-order chi connectivity index (χ1) is 37.8. The smallest absolute Gasteiger partial charge is 0.344 e. The predicted octanol–water partition coefficient (Wildman–Crippen LogP) is -2.16. The number of aliphatic imine (C=N–C) groups is 1. The number of carbonyl (C=O) groups excluding carboxylic acids is 6. The average Bonchev–Trinajstić information content (AvgIpc) is 3.40. The van der Waals surface area contributed by atoms with Gasteiger partial charge in [0, 0.05) is 110 Å². The first-order valence-corrected chi connectivity index (χ1v) is 26.1. The molecule has 0 aliphatic carbocycles. The number of anilines is 1. The Labute approximate surface area is 458 Å². The van der Waals surface area contributed by atoms with Gasteiger partial charge in [-0.1, -0.05) is 31.2 Å². The number of guanidine groups is 1. The highest BCUT2D eigenvalue weighted by atomic mass is 16.7. The minimum atomic E-state index is -1.05. The Morgan fingerprint density at radius 1 is 0.608 bits per heavy atom. The molecule has 1 aliphatic rings. The number of aliphatic carboxylic acids is 3. The molecule has 79 heavy (non-hydrogen) atoms. The number of urea groups is 2. The van der Waals surface area contributed by atoms with Gasteiger partial charge in [0.15, 0.2) is 5.96 Å². The number of phenols is 1. The minimum absolute atomic E-state index is 0.0521. The first-order valence-electron chi connectivity index (χ1n) is 26.1. The summed E-state index contributed by atoms with van der Waals surface area (Å²) in [6.45, 7) is 6.16. The van der Waals surface area contributed by atoms with Crippen molar-refractivity contribution in [2.45, 2.75) is 58.0 Å². The molecular weight excluding hydrogens is 1030 g/mol. The number of amides is 8. The molecule has 0 bridgehead atoms. The molecular formula is C50H79N15O14. The van der Waals surface area contributed by atoms with Crippen LogP contribution < -0.4 is 53.7 Å². The third kappa shape index (κ3) is 29.5. The van der Waals surface area contributed by atoms with Crippen molar-refractivity contribution in [2.75, 3.05) is 130 Å². The third-order valence-electron chi connectivity index (χ3n) is 12.1. The number of hydroxylamine groups is 1. The third-order valence-corrected chi connectivity index (χ3v) is 12.1. The van der Waals surface area contributed by atoms with Crippen LogP contribution in [0.3, 0.4) is 0 Å². The number of hydrogen-bond acceptors (Lipinski definition) is 16. The number of nitrogens with one attached hydrogen (secondary N) is 9. The molecule has 3 rings (SSSR count). The van der Waals surface area contributed by atoms with Gasteiger partial charge >= 0.3 is 30.0 Å². The zero-order valence-electron chi connectivity index (χ0n) is 44.9. The maximum atomic E-state index is 13.5. The molecule has 438 valence electrons. The molecule has 0 spiro atoms. The Bertz CT molecular complexity index is 2260. The monoisotopic (exact) mass is 1110 g/mol. The number of aromatic hydroxyl groups is 1. The summed E-state index contributed by atoms with van der Waals surface area (Å²) in [4.78, 5) is 126. The van der Waals surface area contributed by atoms with Crippen LogP contribution in [-0.4, -0.2) is 230 Å². The van der Waals surface area contributed by atoms with E-state index in [4.69, 9.17) is 10.6 Å². The molecule has 8 amide bonds. The number of nitrogens with zero attached hydrogens (tertiary/aromatic N) is 5. The Morgan fingerprint density at radius 3 is 1.70 bits per heavy atom. The molecule has 1 aliphatic heterocycles. The van der Waals surface area contributed by atoms with Crippen LogP contribution in [0.1, 0.15) is 56.6 Å². The second-order valence-electron chi connectivity index (χ2n) is 18.4. The normalized spacial score (nSPS) is 14.9. The molecule has 2 atom stereocenters. The van der Waals surface area contributed by atoms with E-state index in [9.17, 15) is 63.6 Å². The van der Waals surface area contributed by atoms with Crippen LogP contribution in [0.2, 0.25) is 0 Å².